The van der Waals surface area contributed by atoms with Crippen molar-refractivity contribution in [1.29, 1.82) is 0 Å². The number of ether oxygens (including phenoxy) is 1. The van der Waals surface area contributed by atoms with Gasteiger partial charge in [-0.25, -0.2) is 4.99 Å². The number of nitrogens with one attached hydrogen (secondary N) is 1. The van der Waals surface area contributed by atoms with E-state index < -0.39 is 0 Å². The molecule has 0 aromatic heterocycles. The first-order valence-corrected chi connectivity index (χ1v) is 10.7. The van der Waals surface area contributed by atoms with Gasteiger partial charge in [0, 0.05) is 46.3 Å². The number of hydrogen-bond donors (Lipinski definition) is 1. The molecule has 0 radical (unpaired) electrons. The van der Waals surface area contributed by atoms with Crippen molar-refractivity contribution in [3.05, 3.63) is 35.4 Å². The first-order valence-electron chi connectivity index (χ1n) is 10.7. The van der Waals surface area contributed by atoms with Crippen molar-refractivity contribution in [2.24, 2.45) is 4.99 Å². The number of morpholine rings is 1. The lowest BCUT2D eigenvalue weighted by Gasteiger charge is -2.26. The fraction of sp³-hybridized carbons (Fsp3) is 0.636. The molecular formula is C22H38IN5O2. The molecule has 2 rings (SSSR count). The summed E-state index contributed by atoms with van der Waals surface area (Å²) in [5, 5.41) is 3.30. The third kappa shape index (κ3) is 8.77. The lowest BCUT2D eigenvalue weighted by molar-refractivity contribution is -0.131. The van der Waals surface area contributed by atoms with Crippen molar-refractivity contribution in [3.63, 3.8) is 0 Å². The highest BCUT2D eigenvalue weighted by Crippen LogP contribution is 2.11. The fourth-order valence-corrected chi connectivity index (χ4v) is 3.43. The van der Waals surface area contributed by atoms with E-state index in [0.717, 1.165) is 58.4 Å². The second-order valence-electron chi connectivity index (χ2n) is 7.30. The molecule has 0 unspecified atom stereocenters. The minimum atomic E-state index is 0. The van der Waals surface area contributed by atoms with Crippen LogP contribution in [0.4, 0.5) is 0 Å². The van der Waals surface area contributed by atoms with Crippen LogP contribution in [0.5, 0.6) is 0 Å². The number of aliphatic imine (C=N–C) groups is 1. The van der Waals surface area contributed by atoms with Crippen LogP contribution in [0.25, 0.3) is 0 Å². The molecule has 7 nitrogen and oxygen atoms in total. The van der Waals surface area contributed by atoms with Crippen LogP contribution in [0.1, 0.15) is 31.9 Å². The molecule has 0 saturated carbocycles. The molecule has 1 aliphatic rings. The van der Waals surface area contributed by atoms with Gasteiger partial charge in [0.1, 0.15) is 0 Å². The highest BCUT2D eigenvalue weighted by atomic mass is 127. The Morgan fingerprint density at radius 1 is 1.17 bits per heavy atom. The largest absolute Gasteiger partial charge is 0.379 e. The molecule has 0 atom stereocenters. The molecule has 1 aliphatic heterocycles. The van der Waals surface area contributed by atoms with Crippen molar-refractivity contribution >= 4 is 35.8 Å². The number of halogens is 1. The molecule has 1 aromatic carbocycles. The quantitative estimate of drug-likeness (QED) is 0.302. The number of rotatable bonds is 9. The minimum absolute atomic E-state index is 0. The summed E-state index contributed by atoms with van der Waals surface area (Å²) in [6, 6.07) is 8.60. The van der Waals surface area contributed by atoms with E-state index in [4.69, 9.17) is 9.73 Å². The lowest BCUT2D eigenvalue weighted by Crippen LogP contribution is -2.45. The van der Waals surface area contributed by atoms with E-state index in [0.29, 0.717) is 13.1 Å². The monoisotopic (exact) mass is 531 g/mol. The summed E-state index contributed by atoms with van der Waals surface area (Å²) in [5.74, 6) is 0.877. The zero-order valence-corrected chi connectivity index (χ0v) is 21.2. The second kappa shape index (κ2) is 14.6. The average Bonchev–Trinajstić information content (AvgIpc) is 2.73. The van der Waals surface area contributed by atoms with E-state index in [-0.39, 0.29) is 29.9 Å². The van der Waals surface area contributed by atoms with Crippen LogP contribution in [-0.2, 0) is 22.6 Å². The summed E-state index contributed by atoms with van der Waals surface area (Å²) in [6.45, 7) is 13.7. The van der Waals surface area contributed by atoms with E-state index in [1.54, 1.807) is 0 Å². The predicted molar refractivity (Wildman–Crippen MR) is 133 cm³/mol. The smallest absolute Gasteiger partial charge is 0.242 e. The minimum Gasteiger partial charge on any atom is -0.379 e. The van der Waals surface area contributed by atoms with Crippen LogP contribution >= 0.6 is 24.0 Å². The third-order valence-electron chi connectivity index (χ3n) is 5.10. The maximum absolute atomic E-state index is 12.4. The second-order valence-corrected chi connectivity index (χ2v) is 7.30. The molecule has 1 heterocycles. The average molecular weight is 531 g/mol. The Kier molecular flexibility index (Phi) is 13.0. The Balaban J connectivity index is 0.00000450. The standard InChI is InChI=1S/C22H37N5O2.HI/c1-5-23-22(25(4)18-21(28)27(6-2)7-3)24-16-19-9-8-10-20(15-19)17-26-11-13-29-14-12-26;/h8-10,15H,5-7,11-14,16-18H2,1-4H3,(H,23,24);1H. The number of benzene rings is 1. The van der Waals surface area contributed by atoms with E-state index >= 15 is 0 Å². The summed E-state index contributed by atoms with van der Waals surface area (Å²) < 4.78 is 5.43. The SMILES string of the molecule is CCNC(=NCc1cccc(CN2CCOCC2)c1)N(C)CC(=O)N(CC)CC.I. The van der Waals surface area contributed by atoms with Crippen molar-refractivity contribution < 1.29 is 9.53 Å². The third-order valence-corrected chi connectivity index (χ3v) is 5.10. The van der Waals surface area contributed by atoms with Gasteiger partial charge in [-0.15, -0.1) is 24.0 Å². The molecule has 1 fully saturated rings. The Hall–Kier alpha value is -1.39. The van der Waals surface area contributed by atoms with Crippen LogP contribution in [0, 0.1) is 0 Å². The molecule has 0 spiro atoms. The molecule has 1 saturated heterocycles. The number of nitrogens with zero attached hydrogens (tertiary/aromatic N) is 4. The summed E-state index contributed by atoms with van der Waals surface area (Å²) in [6.07, 6.45) is 0. The van der Waals surface area contributed by atoms with E-state index in [1.165, 1.54) is 11.1 Å². The van der Waals surface area contributed by atoms with E-state index in [2.05, 4.69) is 34.5 Å². The maximum Gasteiger partial charge on any atom is 0.242 e. The Labute approximate surface area is 198 Å². The van der Waals surface area contributed by atoms with Crippen molar-refractivity contribution in [2.45, 2.75) is 33.9 Å². The fourth-order valence-electron chi connectivity index (χ4n) is 3.43. The molecule has 170 valence electrons. The number of guanidine groups is 1. The molecule has 30 heavy (non-hydrogen) atoms. The summed E-state index contributed by atoms with van der Waals surface area (Å²) in [7, 11) is 1.91. The van der Waals surface area contributed by atoms with Crippen LogP contribution in [0.2, 0.25) is 0 Å². The first kappa shape index (κ1) is 26.6. The molecule has 8 heteroatoms. The van der Waals surface area contributed by atoms with Crippen LogP contribution in [-0.4, -0.2) is 86.1 Å². The van der Waals surface area contributed by atoms with Gasteiger partial charge < -0.3 is 19.9 Å². The number of hydrogen-bond acceptors (Lipinski definition) is 4. The van der Waals surface area contributed by atoms with Crippen molar-refractivity contribution in [2.75, 3.05) is 59.5 Å². The van der Waals surface area contributed by atoms with Gasteiger partial charge in [-0.3, -0.25) is 9.69 Å². The Bertz CT molecular complexity index is 661. The zero-order valence-electron chi connectivity index (χ0n) is 18.9. The Morgan fingerprint density at radius 2 is 1.83 bits per heavy atom. The summed E-state index contributed by atoms with van der Waals surface area (Å²) >= 11 is 0. The van der Waals surface area contributed by atoms with Crippen LogP contribution in [0.3, 0.4) is 0 Å². The molecule has 1 N–H and O–H groups in total. The summed E-state index contributed by atoms with van der Waals surface area (Å²) in [5.41, 5.74) is 2.48. The topological polar surface area (TPSA) is 60.4 Å². The highest BCUT2D eigenvalue weighted by molar-refractivity contribution is 14.0. The number of carbonyl (C=O) groups excluding carboxylic acids is 1. The maximum atomic E-state index is 12.4. The van der Waals surface area contributed by atoms with Crippen LogP contribution < -0.4 is 5.32 Å². The van der Waals surface area contributed by atoms with Crippen molar-refractivity contribution in [1.82, 2.24) is 20.0 Å². The van der Waals surface area contributed by atoms with Gasteiger partial charge in [-0.1, -0.05) is 24.3 Å². The van der Waals surface area contributed by atoms with Gasteiger partial charge in [-0.2, -0.15) is 0 Å². The summed E-state index contributed by atoms with van der Waals surface area (Å²) in [4.78, 5) is 23.3. The number of likely N-dealkylation sites (N-methyl/N-ethyl adjacent to an activating group) is 2. The molecule has 0 aliphatic carbocycles. The van der Waals surface area contributed by atoms with E-state index in [1.807, 2.05) is 37.6 Å². The highest BCUT2D eigenvalue weighted by Gasteiger charge is 2.15. The van der Waals surface area contributed by atoms with Gasteiger partial charge in [0.2, 0.25) is 5.91 Å². The lowest BCUT2D eigenvalue weighted by atomic mass is 10.1. The zero-order chi connectivity index (χ0) is 21.1. The van der Waals surface area contributed by atoms with Gasteiger partial charge >= 0.3 is 0 Å². The Morgan fingerprint density at radius 3 is 2.47 bits per heavy atom. The van der Waals surface area contributed by atoms with Gasteiger partial charge in [0.25, 0.3) is 0 Å². The molecule has 1 amide bonds. The van der Waals surface area contributed by atoms with E-state index in [9.17, 15) is 4.79 Å². The van der Waals surface area contributed by atoms with Crippen LogP contribution in [0.15, 0.2) is 29.3 Å². The predicted octanol–water partition coefficient (Wildman–Crippen LogP) is 2.40. The van der Waals surface area contributed by atoms with Gasteiger partial charge in [0.05, 0.1) is 26.3 Å². The molecular weight excluding hydrogens is 493 g/mol. The number of carbonyl (C=O) groups is 1. The van der Waals surface area contributed by atoms with Gasteiger partial charge in [-0.05, 0) is 31.9 Å². The molecule has 1 aromatic rings. The first-order chi connectivity index (χ1) is 14.1. The normalized spacial score (nSPS) is 14.7. The number of amides is 1. The molecule has 0 bridgehead atoms. The van der Waals surface area contributed by atoms with Gasteiger partial charge in [0.15, 0.2) is 5.96 Å². The van der Waals surface area contributed by atoms with Crippen molar-refractivity contribution in [3.8, 4) is 0 Å².